The summed E-state index contributed by atoms with van der Waals surface area (Å²) in [5.41, 5.74) is 2.27. The smallest absolute Gasteiger partial charge is 0.103 e. The first-order valence-corrected chi connectivity index (χ1v) is 5.95. The fraction of sp³-hybridized carbons (Fsp3) is 0.286. The van der Waals surface area contributed by atoms with E-state index >= 15 is 0 Å². The summed E-state index contributed by atoms with van der Waals surface area (Å²) in [6.07, 6.45) is 1.59. The van der Waals surface area contributed by atoms with Crippen molar-refractivity contribution in [1.82, 2.24) is 4.98 Å². The van der Waals surface area contributed by atoms with Crippen molar-refractivity contribution in [2.75, 3.05) is 24.6 Å². The molecule has 0 aliphatic heterocycles. The summed E-state index contributed by atoms with van der Waals surface area (Å²) in [6.45, 7) is 3.32. The molecule has 2 aromatic rings. The van der Waals surface area contributed by atoms with Crippen LogP contribution in [-0.4, -0.2) is 29.8 Å². The molecule has 1 heterocycles. The molecule has 0 saturated heterocycles. The van der Waals surface area contributed by atoms with Crippen LogP contribution in [0.3, 0.4) is 0 Å². The van der Waals surface area contributed by atoms with E-state index in [1.165, 1.54) is 0 Å². The average molecular weight is 241 g/mol. The first-order valence-electron chi connectivity index (χ1n) is 5.95. The Morgan fingerprint density at radius 3 is 2.83 bits per heavy atom. The SMILES string of the molecule is CCN(CCO)c1c(C#N)cnc2ccccc12. The van der Waals surface area contributed by atoms with Gasteiger partial charge in [0, 0.05) is 24.7 Å². The Labute approximate surface area is 106 Å². The van der Waals surface area contributed by atoms with Crippen molar-refractivity contribution in [3.63, 3.8) is 0 Å². The summed E-state index contributed by atoms with van der Waals surface area (Å²) < 4.78 is 0. The van der Waals surface area contributed by atoms with Crippen molar-refractivity contribution in [3.05, 3.63) is 36.0 Å². The van der Waals surface area contributed by atoms with Gasteiger partial charge in [0.1, 0.15) is 6.07 Å². The van der Waals surface area contributed by atoms with E-state index in [0.29, 0.717) is 12.1 Å². The zero-order chi connectivity index (χ0) is 13.0. The number of aliphatic hydroxyl groups excluding tert-OH is 1. The van der Waals surface area contributed by atoms with E-state index in [-0.39, 0.29) is 6.61 Å². The lowest BCUT2D eigenvalue weighted by molar-refractivity contribution is 0.302. The number of hydrogen-bond donors (Lipinski definition) is 1. The number of benzene rings is 1. The number of fused-ring (bicyclic) bond motifs is 1. The van der Waals surface area contributed by atoms with E-state index in [4.69, 9.17) is 5.11 Å². The van der Waals surface area contributed by atoms with Crippen LogP contribution >= 0.6 is 0 Å². The summed E-state index contributed by atoms with van der Waals surface area (Å²) >= 11 is 0. The molecular formula is C14H15N3O. The van der Waals surface area contributed by atoms with Crippen molar-refractivity contribution in [2.45, 2.75) is 6.92 Å². The third kappa shape index (κ3) is 2.13. The van der Waals surface area contributed by atoms with E-state index in [1.54, 1.807) is 6.20 Å². The minimum absolute atomic E-state index is 0.0648. The van der Waals surface area contributed by atoms with Crippen LogP contribution in [0, 0.1) is 11.3 Å². The maximum absolute atomic E-state index is 9.21. The molecule has 92 valence electrons. The molecule has 2 rings (SSSR count). The Morgan fingerprint density at radius 1 is 1.39 bits per heavy atom. The molecule has 0 aliphatic rings. The third-order valence-corrected chi connectivity index (χ3v) is 2.94. The molecule has 4 nitrogen and oxygen atoms in total. The van der Waals surface area contributed by atoms with Crippen molar-refractivity contribution in [2.24, 2.45) is 0 Å². The molecule has 0 radical (unpaired) electrons. The lowest BCUT2D eigenvalue weighted by atomic mass is 10.1. The Bertz CT molecular complexity index is 589. The first kappa shape index (κ1) is 12.3. The van der Waals surface area contributed by atoms with Crippen LogP contribution in [0.1, 0.15) is 12.5 Å². The minimum Gasteiger partial charge on any atom is -0.395 e. The lowest BCUT2D eigenvalue weighted by Crippen LogP contribution is -2.27. The zero-order valence-electron chi connectivity index (χ0n) is 10.3. The Kier molecular flexibility index (Phi) is 3.75. The molecule has 1 aromatic carbocycles. The summed E-state index contributed by atoms with van der Waals surface area (Å²) in [4.78, 5) is 6.28. The molecule has 0 aliphatic carbocycles. The molecule has 0 atom stereocenters. The number of hydrogen-bond acceptors (Lipinski definition) is 4. The molecule has 0 spiro atoms. The highest BCUT2D eigenvalue weighted by Crippen LogP contribution is 2.28. The van der Waals surface area contributed by atoms with E-state index < -0.39 is 0 Å². The number of rotatable bonds is 4. The summed E-state index contributed by atoms with van der Waals surface area (Å²) in [7, 11) is 0. The van der Waals surface area contributed by atoms with Crippen molar-refractivity contribution in [3.8, 4) is 6.07 Å². The van der Waals surface area contributed by atoms with Crippen LogP contribution in [0.15, 0.2) is 30.5 Å². The maximum Gasteiger partial charge on any atom is 0.103 e. The number of aromatic nitrogens is 1. The van der Waals surface area contributed by atoms with E-state index in [9.17, 15) is 5.26 Å². The number of pyridine rings is 1. The van der Waals surface area contributed by atoms with Gasteiger partial charge >= 0.3 is 0 Å². The topological polar surface area (TPSA) is 60.1 Å². The summed E-state index contributed by atoms with van der Waals surface area (Å²) in [5.74, 6) is 0. The van der Waals surface area contributed by atoms with Gasteiger partial charge in [0.05, 0.1) is 23.4 Å². The van der Waals surface area contributed by atoms with Gasteiger partial charge < -0.3 is 10.0 Å². The molecule has 1 aromatic heterocycles. The molecule has 18 heavy (non-hydrogen) atoms. The van der Waals surface area contributed by atoms with Crippen LogP contribution in [0.4, 0.5) is 5.69 Å². The van der Waals surface area contributed by atoms with Crippen LogP contribution < -0.4 is 4.90 Å². The average Bonchev–Trinajstić information content (AvgIpc) is 2.43. The predicted molar refractivity (Wildman–Crippen MR) is 71.4 cm³/mol. The predicted octanol–water partition coefficient (Wildman–Crippen LogP) is 1.93. The number of aliphatic hydroxyl groups is 1. The van der Waals surface area contributed by atoms with Crippen molar-refractivity contribution >= 4 is 16.6 Å². The normalized spacial score (nSPS) is 10.3. The Hall–Kier alpha value is -2.12. The quantitative estimate of drug-likeness (QED) is 0.888. The Morgan fingerprint density at radius 2 is 2.17 bits per heavy atom. The van der Waals surface area contributed by atoms with Crippen LogP contribution in [0.5, 0.6) is 0 Å². The highest BCUT2D eigenvalue weighted by Gasteiger charge is 2.13. The van der Waals surface area contributed by atoms with Crippen LogP contribution in [0.2, 0.25) is 0 Å². The molecule has 0 fully saturated rings. The van der Waals surface area contributed by atoms with E-state index in [1.807, 2.05) is 36.1 Å². The van der Waals surface area contributed by atoms with Crippen molar-refractivity contribution in [1.29, 1.82) is 5.26 Å². The van der Waals surface area contributed by atoms with Gasteiger partial charge in [-0.3, -0.25) is 4.98 Å². The van der Waals surface area contributed by atoms with Gasteiger partial charge in [-0.2, -0.15) is 5.26 Å². The monoisotopic (exact) mass is 241 g/mol. The molecule has 1 N–H and O–H groups in total. The number of anilines is 1. The molecule has 4 heteroatoms. The third-order valence-electron chi connectivity index (χ3n) is 2.94. The number of para-hydroxylation sites is 1. The zero-order valence-corrected chi connectivity index (χ0v) is 10.3. The van der Waals surface area contributed by atoms with Gasteiger partial charge in [-0.25, -0.2) is 0 Å². The van der Waals surface area contributed by atoms with E-state index in [2.05, 4.69) is 11.1 Å². The van der Waals surface area contributed by atoms with Crippen LogP contribution in [0.25, 0.3) is 10.9 Å². The largest absolute Gasteiger partial charge is 0.395 e. The number of nitriles is 1. The second kappa shape index (κ2) is 5.48. The molecule has 0 unspecified atom stereocenters. The van der Waals surface area contributed by atoms with Gasteiger partial charge in [-0.1, -0.05) is 18.2 Å². The second-order valence-electron chi connectivity index (χ2n) is 3.95. The standard InChI is InChI=1S/C14H15N3O/c1-2-17(7-8-18)14-11(9-15)10-16-13-6-4-3-5-12(13)14/h3-6,10,18H,2,7-8H2,1H3. The van der Waals surface area contributed by atoms with Gasteiger partial charge in [0.2, 0.25) is 0 Å². The first-order chi connectivity index (χ1) is 8.81. The maximum atomic E-state index is 9.21. The highest BCUT2D eigenvalue weighted by atomic mass is 16.3. The van der Waals surface area contributed by atoms with E-state index in [0.717, 1.165) is 23.1 Å². The lowest BCUT2D eigenvalue weighted by Gasteiger charge is -2.24. The molecule has 0 bridgehead atoms. The Balaban J connectivity index is 2.68. The van der Waals surface area contributed by atoms with Gasteiger partial charge in [-0.05, 0) is 13.0 Å². The van der Waals surface area contributed by atoms with Gasteiger partial charge in [0.15, 0.2) is 0 Å². The summed E-state index contributed by atoms with van der Waals surface area (Å²) in [5, 5.41) is 19.3. The number of likely N-dealkylation sites (N-methyl/N-ethyl adjacent to an activating group) is 1. The fourth-order valence-corrected chi connectivity index (χ4v) is 2.10. The number of nitrogens with zero attached hydrogens (tertiary/aromatic N) is 3. The van der Waals surface area contributed by atoms with Crippen LogP contribution in [-0.2, 0) is 0 Å². The fourth-order valence-electron chi connectivity index (χ4n) is 2.10. The molecule has 0 saturated carbocycles. The molecular weight excluding hydrogens is 226 g/mol. The van der Waals surface area contributed by atoms with Crippen molar-refractivity contribution < 1.29 is 5.11 Å². The molecule has 0 amide bonds. The minimum atomic E-state index is 0.0648. The summed E-state index contributed by atoms with van der Waals surface area (Å²) in [6, 6.07) is 9.91. The highest BCUT2D eigenvalue weighted by molar-refractivity contribution is 5.94. The van der Waals surface area contributed by atoms with Gasteiger partial charge in [-0.15, -0.1) is 0 Å². The van der Waals surface area contributed by atoms with Gasteiger partial charge in [0.25, 0.3) is 0 Å². The second-order valence-corrected chi connectivity index (χ2v) is 3.95.